The van der Waals surface area contributed by atoms with Crippen LogP contribution in [0, 0.1) is 20.8 Å². The Hall–Kier alpha value is -2.32. The molecular weight excluding hydrogens is 366 g/mol. The molecule has 0 N–H and O–H groups in total. The molecule has 0 fully saturated rings. The first-order valence-electron chi connectivity index (χ1n) is 9.91. The van der Waals surface area contributed by atoms with Gasteiger partial charge in [0.2, 0.25) is 0 Å². The quantitative estimate of drug-likeness (QED) is 0.448. The zero-order valence-electron chi connectivity index (χ0n) is 17.4. The van der Waals surface area contributed by atoms with Crippen LogP contribution in [0.25, 0.3) is 11.3 Å². The van der Waals surface area contributed by atoms with E-state index < -0.39 is 0 Å². The highest BCUT2D eigenvalue weighted by Gasteiger charge is 2.14. The van der Waals surface area contributed by atoms with E-state index in [1.54, 1.807) is 0 Å². The third-order valence-corrected chi connectivity index (χ3v) is 5.75. The van der Waals surface area contributed by atoms with Crippen molar-refractivity contribution in [2.75, 3.05) is 0 Å². The average Bonchev–Trinajstić information content (AvgIpc) is 2.69. The maximum Gasteiger partial charge on any atom is 0.120 e. The summed E-state index contributed by atoms with van der Waals surface area (Å²) >= 11 is 6.11. The van der Waals surface area contributed by atoms with Gasteiger partial charge >= 0.3 is 0 Å². The lowest BCUT2D eigenvalue weighted by molar-refractivity contribution is 0.304. The number of rotatable bonds is 6. The molecule has 0 bridgehead atoms. The molecule has 2 nitrogen and oxygen atoms in total. The van der Waals surface area contributed by atoms with E-state index in [0.29, 0.717) is 6.61 Å². The van der Waals surface area contributed by atoms with Gasteiger partial charge in [-0.2, -0.15) is 0 Å². The van der Waals surface area contributed by atoms with Crippen molar-refractivity contribution in [1.29, 1.82) is 0 Å². The van der Waals surface area contributed by atoms with Gasteiger partial charge in [0, 0.05) is 21.8 Å². The highest BCUT2D eigenvalue weighted by atomic mass is 35.5. The number of aromatic nitrogens is 1. The minimum absolute atomic E-state index is 0.502. The third kappa shape index (κ3) is 4.23. The lowest BCUT2D eigenvalue weighted by atomic mass is 9.93. The Kier molecular flexibility index (Phi) is 6.41. The van der Waals surface area contributed by atoms with Gasteiger partial charge in [-0.3, -0.25) is 4.98 Å². The number of ether oxygens (including phenoxy) is 1. The van der Waals surface area contributed by atoms with Crippen molar-refractivity contribution in [2.24, 2.45) is 0 Å². The predicted octanol–water partition coefficient (Wildman–Crippen LogP) is 7.03. The molecule has 0 radical (unpaired) electrons. The van der Waals surface area contributed by atoms with E-state index in [2.05, 4.69) is 52.0 Å². The van der Waals surface area contributed by atoms with E-state index in [0.717, 1.165) is 46.1 Å². The standard InChI is InChI=1S/C25H28ClNO/c1-6-19-9-8-10-20(7-2)25(19)24-14-16(3)22(18(5)27-24)15-28-21-11-12-23(26)17(4)13-21/h8-14H,6-7,15H2,1-5H3. The second kappa shape index (κ2) is 8.79. The minimum atomic E-state index is 0.502. The molecule has 3 heteroatoms. The molecule has 0 saturated carbocycles. The second-order valence-corrected chi connectivity index (χ2v) is 7.65. The van der Waals surface area contributed by atoms with E-state index >= 15 is 0 Å². The van der Waals surface area contributed by atoms with Gasteiger partial charge in [-0.05, 0) is 80.1 Å². The first-order valence-corrected chi connectivity index (χ1v) is 10.3. The molecule has 1 heterocycles. The highest BCUT2D eigenvalue weighted by molar-refractivity contribution is 6.31. The highest BCUT2D eigenvalue weighted by Crippen LogP contribution is 2.30. The summed E-state index contributed by atoms with van der Waals surface area (Å²) in [5.74, 6) is 0.828. The number of pyridine rings is 1. The van der Waals surface area contributed by atoms with Crippen LogP contribution in [0.2, 0.25) is 5.02 Å². The molecule has 0 spiro atoms. The summed E-state index contributed by atoms with van der Waals surface area (Å²) in [6.45, 7) is 11.1. The summed E-state index contributed by atoms with van der Waals surface area (Å²) in [4.78, 5) is 4.96. The molecule has 0 unspecified atom stereocenters. The van der Waals surface area contributed by atoms with Crippen LogP contribution in [0.3, 0.4) is 0 Å². The molecule has 0 aliphatic rings. The van der Waals surface area contributed by atoms with Gasteiger partial charge in [0.15, 0.2) is 0 Å². The molecule has 146 valence electrons. The first kappa shape index (κ1) is 20.4. The van der Waals surface area contributed by atoms with Crippen LogP contribution in [0.5, 0.6) is 5.75 Å². The van der Waals surface area contributed by atoms with Crippen molar-refractivity contribution in [3.63, 3.8) is 0 Å². The fourth-order valence-electron chi connectivity index (χ4n) is 3.64. The lowest BCUT2D eigenvalue weighted by Gasteiger charge is -2.17. The summed E-state index contributed by atoms with van der Waals surface area (Å²) in [5.41, 5.74) is 9.45. The van der Waals surface area contributed by atoms with E-state index in [1.165, 1.54) is 22.3 Å². The number of halogens is 1. The molecule has 0 aliphatic heterocycles. The third-order valence-electron chi connectivity index (χ3n) is 5.32. The van der Waals surface area contributed by atoms with Gasteiger partial charge in [-0.15, -0.1) is 0 Å². The topological polar surface area (TPSA) is 22.1 Å². The Labute approximate surface area is 173 Å². The van der Waals surface area contributed by atoms with Crippen molar-refractivity contribution in [3.8, 4) is 17.0 Å². The lowest BCUT2D eigenvalue weighted by Crippen LogP contribution is -2.05. The van der Waals surface area contributed by atoms with Crippen LogP contribution < -0.4 is 4.74 Å². The minimum Gasteiger partial charge on any atom is -0.489 e. The molecule has 2 aromatic carbocycles. The Morgan fingerprint density at radius 2 is 1.57 bits per heavy atom. The van der Waals surface area contributed by atoms with Crippen LogP contribution in [0.4, 0.5) is 0 Å². The van der Waals surface area contributed by atoms with Crippen molar-refractivity contribution < 1.29 is 4.74 Å². The van der Waals surface area contributed by atoms with Gasteiger partial charge in [0.1, 0.15) is 12.4 Å². The maximum absolute atomic E-state index is 6.11. The van der Waals surface area contributed by atoms with Crippen molar-refractivity contribution in [1.82, 2.24) is 4.98 Å². The summed E-state index contributed by atoms with van der Waals surface area (Å²) in [5, 5.41) is 0.757. The summed E-state index contributed by atoms with van der Waals surface area (Å²) in [6, 6.07) is 14.5. The second-order valence-electron chi connectivity index (χ2n) is 7.25. The SMILES string of the molecule is CCc1cccc(CC)c1-c1cc(C)c(COc2ccc(Cl)c(C)c2)c(C)n1. The molecular formula is C25H28ClNO. The Balaban J connectivity index is 1.93. The molecule has 28 heavy (non-hydrogen) atoms. The Morgan fingerprint density at radius 1 is 0.893 bits per heavy atom. The monoisotopic (exact) mass is 393 g/mol. The van der Waals surface area contributed by atoms with E-state index in [-0.39, 0.29) is 0 Å². The van der Waals surface area contributed by atoms with Crippen LogP contribution in [0.1, 0.15) is 47.4 Å². The van der Waals surface area contributed by atoms with Crippen LogP contribution in [-0.4, -0.2) is 4.98 Å². The predicted molar refractivity (Wildman–Crippen MR) is 118 cm³/mol. The molecule has 0 amide bonds. The van der Waals surface area contributed by atoms with E-state index in [4.69, 9.17) is 21.3 Å². The zero-order valence-corrected chi connectivity index (χ0v) is 18.2. The smallest absolute Gasteiger partial charge is 0.120 e. The van der Waals surface area contributed by atoms with Crippen LogP contribution >= 0.6 is 11.6 Å². The molecule has 3 aromatic rings. The Morgan fingerprint density at radius 3 is 2.14 bits per heavy atom. The van der Waals surface area contributed by atoms with Crippen molar-refractivity contribution in [3.05, 3.63) is 81.0 Å². The number of aryl methyl sites for hydroxylation is 5. The average molecular weight is 394 g/mol. The molecule has 1 aromatic heterocycles. The van der Waals surface area contributed by atoms with Crippen molar-refractivity contribution in [2.45, 2.75) is 54.1 Å². The number of hydrogen-bond donors (Lipinski definition) is 0. The van der Waals surface area contributed by atoms with E-state index in [9.17, 15) is 0 Å². The van der Waals surface area contributed by atoms with Gasteiger partial charge in [0.05, 0.1) is 5.69 Å². The molecule has 3 rings (SSSR count). The van der Waals surface area contributed by atoms with Gasteiger partial charge in [0.25, 0.3) is 0 Å². The fourth-order valence-corrected chi connectivity index (χ4v) is 3.76. The number of hydrogen-bond acceptors (Lipinski definition) is 2. The maximum atomic E-state index is 6.11. The largest absolute Gasteiger partial charge is 0.489 e. The van der Waals surface area contributed by atoms with Crippen LogP contribution in [0.15, 0.2) is 42.5 Å². The molecule has 0 atom stereocenters. The van der Waals surface area contributed by atoms with E-state index in [1.807, 2.05) is 25.1 Å². The summed E-state index contributed by atoms with van der Waals surface area (Å²) in [6.07, 6.45) is 2.01. The van der Waals surface area contributed by atoms with Gasteiger partial charge in [-0.25, -0.2) is 0 Å². The zero-order chi connectivity index (χ0) is 20.3. The fraction of sp³-hybridized carbons (Fsp3) is 0.320. The van der Waals surface area contributed by atoms with Gasteiger partial charge in [-0.1, -0.05) is 43.6 Å². The number of benzene rings is 2. The first-order chi connectivity index (χ1) is 13.4. The molecule has 0 saturated heterocycles. The molecule has 0 aliphatic carbocycles. The van der Waals surface area contributed by atoms with Gasteiger partial charge < -0.3 is 4.74 Å². The Bertz CT molecular complexity index is 949. The van der Waals surface area contributed by atoms with Crippen molar-refractivity contribution >= 4 is 11.6 Å². The number of nitrogens with zero attached hydrogens (tertiary/aromatic N) is 1. The summed E-state index contributed by atoms with van der Waals surface area (Å²) < 4.78 is 6.03. The summed E-state index contributed by atoms with van der Waals surface area (Å²) in [7, 11) is 0. The van der Waals surface area contributed by atoms with Crippen LogP contribution in [-0.2, 0) is 19.4 Å². The normalized spacial score (nSPS) is 10.9.